The molecule has 0 saturated carbocycles. The van der Waals surface area contributed by atoms with Gasteiger partial charge >= 0.3 is 192 Å². The van der Waals surface area contributed by atoms with Gasteiger partial charge < -0.3 is 0 Å². The second-order valence-corrected chi connectivity index (χ2v) is 16.7. The van der Waals surface area contributed by atoms with E-state index in [4.69, 9.17) is 16.3 Å². The van der Waals surface area contributed by atoms with Crippen LogP contribution in [-0.2, 0) is 6.16 Å². The van der Waals surface area contributed by atoms with Gasteiger partial charge in [0.05, 0.1) is 0 Å². The summed E-state index contributed by atoms with van der Waals surface area (Å²) in [6.07, 6.45) is 0.803. The van der Waals surface area contributed by atoms with E-state index in [-0.39, 0.29) is 0 Å². The van der Waals surface area contributed by atoms with E-state index < -0.39 is 5.31 Å². The van der Waals surface area contributed by atoms with Crippen molar-refractivity contribution in [2.45, 2.75) is 6.16 Å². The predicted octanol–water partition coefficient (Wildman–Crippen LogP) is 6.69. The Hall–Kier alpha value is -2.12. The van der Waals surface area contributed by atoms with Crippen LogP contribution in [0.2, 0.25) is 5.02 Å². The average Bonchev–Trinajstić information content (AvgIpc) is 2.82. The zero-order valence-corrected chi connectivity index (χ0v) is 19.9. The van der Waals surface area contributed by atoms with Gasteiger partial charge in [0.1, 0.15) is 0 Å². The number of hydrogen-bond donors (Lipinski definition) is 0. The van der Waals surface area contributed by atoms with Crippen molar-refractivity contribution in [1.82, 2.24) is 0 Å². The van der Waals surface area contributed by atoms with Crippen molar-refractivity contribution in [3.05, 3.63) is 120 Å². The summed E-state index contributed by atoms with van der Waals surface area (Å²) in [7, 11) is 1.66. The van der Waals surface area contributed by atoms with E-state index in [1.165, 1.54) is 21.5 Å². The normalized spacial score (nSPS) is 12.7. The minimum absolute atomic E-state index is 0.621. The maximum atomic E-state index is 6.33. The monoisotopic (exact) mass is 496 g/mol. The first kappa shape index (κ1) is 21.1. The summed E-state index contributed by atoms with van der Waals surface area (Å²) >= 11 is 10.8. The van der Waals surface area contributed by atoms with Gasteiger partial charge in [0, 0.05) is 0 Å². The third kappa shape index (κ3) is 3.58. The van der Waals surface area contributed by atoms with Crippen LogP contribution in [0.3, 0.4) is 0 Å². The van der Waals surface area contributed by atoms with Gasteiger partial charge in [-0.25, -0.2) is 0 Å². The Labute approximate surface area is 191 Å². The zero-order chi connectivity index (χ0) is 21.1. The van der Waals surface area contributed by atoms with Crippen LogP contribution in [0.5, 0.6) is 5.75 Å². The summed E-state index contributed by atoms with van der Waals surface area (Å²) in [5, 5.41) is 1.46. The van der Waals surface area contributed by atoms with Crippen molar-refractivity contribution in [3.63, 3.8) is 0 Å². The molecule has 4 rings (SSSR count). The second kappa shape index (κ2) is 8.55. The fourth-order valence-corrected chi connectivity index (χ4v) is 12.0. The predicted molar refractivity (Wildman–Crippen MR) is 136 cm³/mol. The molecule has 4 aromatic carbocycles. The van der Waals surface area contributed by atoms with E-state index in [0.717, 1.165) is 6.16 Å². The molecular weight excluding hydrogens is 475 g/mol. The van der Waals surface area contributed by atoms with Gasteiger partial charge in [-0.05, 0) is 0 Å². The van der Waals surface area contributed by atoms with E-state index in [2.05, 4.69) is 119 Å². The number of halogens is 2. The number of benzene rings is 4. The third-order valence-electron chi connectivity index (χ3n) is 5.58. The van der Waals surface area contributed by atoms with Crippen molar-refractivity contribution in [1.29, 1.82) is 0 Å². The molecular formula is C26H23BrClOP. The van der Waals surface area contributed by atoms with Crippen LogP contribution in [0, 0.1) is 0 Å². The summed E-state index contributed by atoms with van der Waals surface area (Å²) < 4.78 is 5.52. The summed E-state index contributed by atoms with van der Waals surface area (Å²) in [6, 6.07) is 38.4. The van der Waals surface area contributed by atoms with Gasteiger partial charge in [-0.15, -0.1) is 0 Å². The fourth-order valence-electron chi connectivity index (χ4n) is 4.08. The molecule has 0 unspecified atom stereocenters. The van der Waals surface area contributed by atoms with Gasteiger partial charge in [-0.1, -0.05) is 0 Å². The van der Waals surface area contributed by atoms with Crippen LogP contribution >= 0.6 is 32.4 Å². The summed E-state index contributed by atoms with van der Waals surface area (Å²) in [5.41, 5.74) is 1.17. The van der Waals surface area contributed by atoms with Crippen LogP contribution in [0.4, 0.5) is 0 Å². The number of ether oxygens (including phenoxy) is 1. The molecule has 0 saturated heterocycles. The first-order chi connectivity index (χ1) is 14.6. The zero-order valence-electron chi connectivity index (χ0n) is 16.7. The summed E-state index contributed by atoms with van der Waals surface area (Å²) in [6.45, 7) is 0. The quantitative estimate of drug-likeness (QED) is 0.270. The SMILES string of the molecule is COc1cc(CP(Br)(c2ccccc2)(c2ccccc2)c2ccccc2)ccc1Cl. The Kier molecular flexibility index (Phi) is 6.02. The van der Waals surface area contributed by atoms with Crippen LogP contribution in [0.25, 0.3) is 0 Å². The minimum atomic E-state index is -3.02. The van der Waals surface area contributed by atoms with E-state index in [1.54, 1.807) is 7.11 Å². The topological polar surface area (TPSA) is 9.23 Å². The molecule has 1 nitrogen and oxygen atoms in total. The second-order valence-electron chi connectivity index (χ2n) is 7.32. The van der Waals surface area contributed by atoms with Gasteiger partial charge in [-0.3, -0.25) is 0 Å². The van der Waals surface area contributed by atoms with Crippen LogP contribution < -0.4 is 20.7 Å². The summed E-state index contributed by atoms with van der Waals surface area (Å²) in [4.78, 5) is 0. The average molecular weight is 498 g/mol. The van der Waals surface area contributed by atoms with Gasteiger partial charge in [0.25, 0.3) is 0 Å². The van der Waals surface area contributed by atoms with E-state index in [0.29, 0.717) is 10.8 Å². The Morgan fingerprint density at radius 1 is 0.700 bits per heavy atom. The first-order valence-corrected chi connectivity index (χ1v) is 14.6. The molecule has 0 aliphatic rings. The summed E-state index contributed by atoms with van der Waals surface area (Å²) in [5.74, 6) is 0.695. The molecule has 4 heteroatoms. The Morgan fingerprint density at radius 3 is 1.53 bits per heavy atom. The third-order valence-corrected chi connectivity index (χ3v) is 15.4. The molecule has 152 valence electrons. The van der Waals surface area contributed by atoms with Gasteiger partial charge in [-0.2, -0.15) is 0 Å². The fraction of sp³-hybridized carbons (Fsp3) is 0.0769. The van der Waals surface area contributed by atoms with Crippen molar-refractivity contribution in [3.8, 4) is 5.75 Å². The van der Waals surface area contributed by atoms with E-state index in [1.807, 2.05) is 6.07 Å². The molecule has 0 atom stereocenters. The van der Waals surface area contributed by atoms with E-state index >= 15 is 0 Å². The molecule has 4 aromatic rings. The number of methoxy groups -OCH3 is 1. The molecule has 0 fully saturated rings. The maximum absolute atomic E-state index is 6.33. The Morgan fingerprint density at radius 2 is 1.13 bits per heavy atom. The van der Waals surface area contributed by atoms with Crippen LogP contribution in [-0.4, -0.2) is 7.11 Å². The van der Waals surface area contributed by atoms with Crippen molar-refractivity contribution in [2.24, 2.45) is 0 Å². The molecule has 0 spiro atoms. The van der Waals surface area contributed by atoms with E-state index in [9.17, 15) is 0 Å². The molecule has 0 N–H and O–H groups in total. The molecule has 30 heavy (non-hydrogen) atoms. The van der Waals surface area contributed by atoms with Crippen molar-refractivity contribution in [2.75, 3.05) is 7.11 Å². The van der Waals surface area contributed by atoms with Crippen molar-refractivity contribution < 1.29 is 4.74 Å². The Balaban J connectivity index is 2.06. The van der Waals surface area contributed by atoms with Crippen molar-refractivity contribution >= 4 is 48.3 Å². The van der Waals surface area contributed by atoms with Gasteiger partial charge in [0.2, 0.25) is 0 Å². The Bertz CT molecular complexity index is 1030. The number of rotatable bonds is 6. The molecule has 0 radical (unpaired) electrons. The molecule has 0 heterocycles. The number of hydrogen-bond acceptors (Lipinski definition) is 1. The first-order valence-electron chi connectivity index (χ1n) is 9.78. The molecule has 0 amide bonds. The molecule has 0 bridgehead atoms. The molecule has 0 aromatic heterocycles. The molecule has 0 aliphatic heterocycles. The standard InChI is InChI=1S/C26H23BrClOP/c1-29-26-19-21(17-18-25(26)28)20-30(27,22-11-5-2-6-12-22,23-13-7-3-8-14-23)24-15-9-4-10-16-24/h2-19H,20H2,1H3. The van der Waals surface area contributed by atoms with Crippen LogP contribution in [0.15, 0.2) is 109 Å². The molecule has 0 aliphatic carbocycles. The van der Waals surface area contributed by atoms with Crippen LogP contribution in [0.1, 0.15) is 5.56 Å². The van der Waals surface area contributed by atoms with Gasteiger partial charge in [0.15, 0.2) is 0 Å².